The number of halogens is 2. The van der Waals surface area contributed by atoms with Crippen molar-refractivity contribution in [2.24, 2.45) is 0 Å². The zero-order valence-electron chi connectivity index (χ0n) is 12.8. The maximum Gasteiger partial charge on any atom is 0.321 e. The molecule has 0 bridgehead atoms. The van der Waals surface area contributed by atoms with E-state index in [-0.39, 0.29) is 6.03 Å². The van der Waals surface area contributed by atoms with Crippen LogP contribution < -0.4 is 15.0 Å². The van der Waals surface area contributed by atoms with Gasteiger partial charge in [0, 0.05) is 23.8 Å². The monoisotopic (exact) mass is 396 g/mol. The first-order valence-electron chi connectivity index (χ1n) is 7.22. The lowest BCUT2D eigenvalue weighted by molar-refractivity contribution is 0.245. The number of rotatable bonds is 6. The molecule has 0 spiro atoms. The minimum Gasteiger partial charge on any atom is -0.492 e. The minimum absolute atomic E-state index is 0.141. The first-order chi connectivity index (χ1) is 11.1. The molecule has 0 atom stereocenters. The van der Waals surface area contributed by atoms with E-state index in [1.807, 2.05) is 42.5 Å². The molecule has 0 heterocycles. The molecule has 2 aromatic carbocycles. The molecule has 0 saturated carbocycles. The standard InChI is InChI=1S/C17H18BrClN2O2/c1-21(14-6-3-2-4-7-14)17(22)20-10-5-11-23-16-9-8-13(18)12-15(16)19/h2-4,6-9,12H,5,10-11H2,1H3,(H,20,22). The van der Waals surface area contributed by atoms with Gasteiger partial charge in [0.25, 0.3) is 0 Å². The molecule has 1 N–H and O–H groups in total. The van der Waals surface area contributed by atoms with E-state index in [1.54, 1.807) is 18.0 Å². The second-order valence-electron chi connectivity index (χ2n) is 4.90. The van der Waals surface area contributed by atoms with Crippen molar-refractivity contribution in [1.82, 2.24) is 5.32 Å². The summed E-state index contributed by atoms with van der Waals surface area (Å²) in [6, 6.07) is 14.8. The minimum atomic E-state index is -0.141. The van der Waals surface area contributed by atoms with Crippen LogP contribution >= 0.6 is 27.5 Å². The number of anilines is 1. The average molecular weight is 398 g/mol. The summed E-state index contributed by atoms with van der Waals surface area (Å²) < 4.78 is 6.51. The van der Waals surface area contributed by atoms with E-state index in [1.165, 1.54) is 0 Å². The number of hydrogen-bond acceptors (Lipinski definition) is 2. The Kier molecular flexibility index (Phi) is 6.74. The second kappa shape index (κ2) is 8.79. The molecule has 4 nitrogen and oxygen atoms in total. The fourth-order valence-corrected chi connectivity index (χ4v) is 2.66. The quantitative estimate of drug-likeness (QED) is 0.717. The van der Waals surface area contributed by atoms with Gasteiger partial charge in [0.05, 0.1) is 11.6 Å². The first-order valence-corrected chi connectivity index (χ1v) is 8.39. The van der Waals surface area contributed by atoms with E-state index < -0.39 is 0 Å². The van der Waals surface area contributed by atoms with E-state index in [0.29, 0.717) is 30.3 Å². The summed E-state index contributed by atoms with van der Waals surface area (Å²) in [6.45, 7) is 1.01. The summed E-state index contributed by atoms with van der Waals surface area (Å²) in [6.07, 6.45) is 0.695. The maximum atomic E-state index is 12.0. The fraction of sp³-hybridized carbons (Fsp3) is 0.235. The Labute approximate surface area is 149 Å². The van der Waals surface area contributed by atoms with Gasteiger partial charge in [-0.1, -0.05) is 45.7 Å². The zero-order chi connectivity index (χ0) is 16.7. The molecule has 0 aromatic heterocycles. The molecule has 0 aliphatic rings. The Hall–Kier alpha value is -1.72. The molecular formula is C17H18BrClN2O2. The van der Waals surface area contributed by atoms with Crippen molar-refractivity contribution in [3.63, 3.8) is 0 Å². The molecule has 0 fully saturated rings. The van der Waals surface area contributed by atoms with Crippen LogP contribution in [0.4, 0.5) is 10.5 Å². The van der Waals surface area contributed by atoms with Crippen molar-refractivity contribution in [3.8, 4) is 5.75 Å². The van der Waals surface area contributed by atoms with E-state index in [9.17, 15) is 4.79 Å². The lowest BCUT2D eigenvalue weighted by atomic mass is 10.3. The van der Waals surface area contributed by atoms with Gasteiger partial charge in [0.1, 0.15) is 5.75 Å². The number of para-hydroxylation sites is 1. The Morgan fingerprint density at radius 2 is 2.00 bits per heavy atom. The lowest BCUT2D eigenvalue weighted by Gasteiger charge is -2.18. The van der Waals surface area contributed by atoms with E-state index in [0.717, 1.165) is 10.2 Å². The summed E-state index contributed by atoms with van der Waals surface area (Å²) in [5, 5.41) is 3.42. The van der Waals surface area contributed by atoms with Crippen molar-refractivity contribution in [2.75, 3.05) is 25.1 Å². The molecule has 0 saturated heterocycles. The van der Waals surface area contributed by atoms with Crippen molar-refractivity contribution >= 4 is 39.2 Å². The first kappa shape index (κ1) is 17.6. The summed E-state index contributed by atoms with van der Waals surface area (Å²) in [5.74, 6) is 0.641. The molecule has 122 valence electrons. The highest BCUT2D eigenvalue weighted by molar-refractivity contribution is 9.10. The normalized spacial score (nSPS) is 10.2. The SMILES string of the molecule is CN(C(=O)NCCCOc1ccc(Br)cc1Cl)c1ccccc1. The topological polar surface area (TPSA) is 41.6 Å². The number of urea groups is 1. The predicted octanol–water partition coefficient (Wildman–Crippen LogP) is 4.72. The molecule has 0 aliphatic carbocycles. The van der Waals surface area contributed by atoms with Crippen LogP contribution in [0.3, 0.4) is 0 Å². The van der Waals surface area contributed by atoms with Crippen LogP contribution in [-0.2, 0) is 0 Å². The van der Waals surface area contributed by atoms with Gasteiger partial charge in [0.15, 0.2) is 0 Å². The van der Waals surface area contributed by atoms with Crippen LogP contribution in [0.5, 0.6) is 5.75 Å². The van der Waals surface area contributed by atoms with Gasteiger partial charge in [-0.3, -0.25) is 4.90 Å². The summed E-state index contributed by atoms with van der Waals surface area (Å²) >= 11 is 9.42. The highest BCUT2D eigenvalue weighted by Crippen LogP contribution is 2.27. The predicted molar refractivity (Wildman–Crippen MR) is 97.5 cm³/mol. The van der Waals surface area contributed by atoms with Crippen LogP contribution in [0.2, 0.25) is 5.02 Å². The Morgan fingerprint density at radius 3 is 2.70 bits per heavy atom. The van der Waals surface area contributed by atoms with Gasteiger partial charge >= 0.3 is 6.03 Å². The van der Waals surface area contributed by atoms with Crippen molar-refractivity contribution in [3.05, 3.63) is 58.0 Å². The number of carbonyl (C=O) groups excluding carboxylic acids is 1. The number of nitrogens with zero attached hydrogens (tertiary/aromatic N) is 1. The number of carbonyl (C=O) groups is 1. The fourth-order valence-electron chi connectivity index (χ4n) is 1.93. The highest BCUT2D eigenvalue weighted by Gasteiger charge is 2.09. The summed E-state index contributed by atoms with van der Waals surface area (Å²) in [7, 11) is 1.74. The number of hydrogen-bond donors (Lipinski definition) is 1. The van der Waals surface area contributed by atoms with Crippen molar-refractivity contribution in [2.45, 2.75) is 6.42 Å². The summed E-state index contributed by atoms with van der Waals surface area (Å²) in [5.41, 5.74) is 0.850. The van der Waals surface area contributed by atoms with Gasteiger partial charge in [0.2, 0.25) is 0 Å². The third-order valence-electron chi connectivity index (χ3n) is 3.20. The molecule has 0 aliphatic heterocycles. The third kappa shape index (κ3) is 5.44. The van der Waals surface area contributed by atoms with Crippen LogP contribution in [-0.4, -0.2) is 26.2 Å². The Balaban J connectivity index is 1.70. The highest BCUT2D eigenvalue weighted by atomic mass is 79.9. The number of ether oxygens (including phenoxy) is 1. The molecule has 0 radical (unpaired) electrons. The Bertz CT molecular complexity index is 652. The third-order valence-corrected chi connectivity index (χ3v) is 3.99. The van der Waals surface area contributed by atoms with Crippen molar-refractivity contribution in [1.29, 1.82) is 0 Å². The molecule has 23 heavy (non-hydrogen) atoms. The largest absolute Gasteiger partial charge is 0.492 e. The van der Waals surface area contributed by atoms with Gasteiger partial charge < -0.3 is 10.1 Å². The smallest absolute Gasteiger partial charge is 0.321 e. The molecule has 2 amide bonds. The molecule has 0 unspecified atom stereocenters. The number of amides is 2. The van der Waals surface area contributed by atoms with Gasteiger partial charge in [-0.05, 0) is 36.8 Å². The number of benzene rings is 2. The van der Waals surface area contributed by atoms with Crippen molar-refractivity contribution < 1.29 is 9.53 Å². The van der Waals surface area contributed by atoms with Crippen LogP contribution in [0.25, 0.3) is 0 Å². The Morgan fingerprint density at radius 1 is 1.26 bits per heavy atom. The van der Waals surface area contributed by atoms with Crippen LogP contribution in [0.1, 0.15) is 6.42 Å². The second-order valence-corrected chi connectivity index (χ2v) is 6.23. The van der Waals surface area contributed by atoms with Gasteiger partial charge in [-0.25, -0.2) is 4.79 Å². The van der Waals surface area contributed by atoms with E-state index in [4.69, 9.17) is 16.3 Å². The molecule has 6 heteroatoms. The van der Waals surface area contributed by atoms with Gasteiger partial charge in [-0.2, -0.15) is 0 Å². The lowest BCUT2D eigenvalue weighted by Crippen LogP contribution is -2.38. The molecule has 2 aromatic rings. The van der Waals surface area contributed by atoms with Crippen LogP contribution in [0.15, 0.2) is 53.0 Å². The van der Waals surface area contributed by atoms with E-state index in [2.05, 4.69) is 21.2 Å². The van der Waals surface area contributed by atoms with Gasteiger partial charge in [-0.15, -0.1) is 0 Å². The molecule has 2 rings (SSSR count). The average Bonchev–Trinajstić information content (AvgIpc) is 2.56. The van der Waals surface area contributed by atoms with Crippen LogP contribution in [0, 0.1) is 0 Å². The maximum absolute atomic E-state index is 12.0. The zero-order valence-corrected chi connectivity index (χ0v) is 15.1. The summed E-state index contributed by atoms with van der Waals surface area (Å²) in [4.78, 5) is 13.6. The molecular weight excluding hydrogens is 380 g/mol. The number of nitrogens with one attached hydrogen (secondary N) is 1. The van der Waals surface area contributed by atoms with E-state index >= 15 is 0 Å².